The van der Waals surface area contributed by atoms with Crippen LogP contribution in [0.4, 0.5) is 5.95 Å². The Kier molecular flexibility index (Phi) is 3.72. The molecule has 0 saturated carbocycles. The summed E-state index contributed by atoms with van der Waals surface area (Å²) < 4.78 is 0. The van der Waals surface area contributed by atoms with Gasteiger partial charge in [0.2, 0.25) is 5.95 Å². The Labute approximate surface area is 96.9 Å². The third kappa shape index (κ3) is 2.92. The molecule has 2 N–H and O–H groups in total. The van der Waals surface area contributed by atoms with E-state index in [4.69, 9.17) is 5.73 Å². The molecular formula is C12H20N4. The molecule has 0 aromatic carbocycles. The van der Waals surface area contributed by atoms with Crippen molar-refractivity contribution in [2.24, 2.45) is 5.73 Å². The highest BCUT2D eigenvalue weighted by Crippen LogP contribution is 2.15. The van der Waals surface area contributed by atoms with Crippen LogP contribution in [0.5, 0.6) is 0 Å². The smallest absolute Gasteiger partial charge is 0.225 e. The van der Waals surface area contributed by atoms with Crippen molar-refractivity contribution < 1.29 is 0 Å². The van der Waals surface area contributed by atoms with Crippen LogP contribution >= 0.6 is 0 Å². The van der Waals surface area contributed by atoms with Crippen LogP contribution in [0.25, 0.3) is 0 Å². The van der Waals surface area contributed by atoms with E-state index in [1.54, 1.807) is 0 Å². The Morgan fingerprint density at radius 2 is 1.88 bits per heavy atom. The van der Waals surface area contributed by atoms with Crippen molar-refractivity contribution in [3.63, 3.8) is 0 Å². The molecule has 0 radical (unpaired) electrons. The number of hydrogen-bond acceptors (Lipinski definition) is 4. The van der Waals surface area contributed by atoms with Gasteiger partial charge in [-0.1, -0.05) is 0 Å². The molecule has 4 nitrogen and oxygen atoms in total. The van der Waals surface area contributed by atoms with Gasteiger partial charge in [0.25, 0.3) is 0 Å². The summed E-state index contributed by atoms with van der Waals surface area (Å²) in [7, 11) is 0. The number of hydrogen-bond donors (Lipinski definition) is 1. The lowest BCUT2D eigenvalue weighted by Crippen LogP contribution is -2.31. The first-order valence-electron chi connectivity index (χ1n) is 6.07. The van der Waals surface area contributed by atoms with Crippen LogP contribution in [0.2, 0.25) is 0 Å². The molecule has 4 heteroatoms. The Morgan fingerprint density at radius 3 is 2.44 bits per heavy atom. The van der Waals surface area contributed by atoms with Crippen molar-refractivity contribution in [1.29, 1.82) is 0 Å². The molecule has 2 heterocycles. The van der Waals surface area contributed by atoms with E-state index in [1.807, 2.05) is 19.3 Å². The van der Waals surface area contributed by atoms with Gasteiger partial charge < -0.3 is 10.6 Å². The van der Waals surface area contributed by atoms with E-state index in [1.165, 1.54) is 19.3 Å². The second-order valence-corrected chi connectivity index (χ2v) is 4.62. The normalized spacial score (nSPS) is 18.5. The van der Waals surface area contributed by atoms with E-state index in [0.717, 1.165) is 31.0 Å². The summed E-state index contributed by atoms with van der Waals surface area (Å²) in [5, 5.41) is 0. The van der Waals surface area contributed by atoms with Gasteiger partial charge in [0.15, 0.2) is 0 Å². The minimum Gasteiger partial charge on any atom is -0.341 e. The maximum atomic E-state index is 5.74. The zero-order chi connectivity index (χ0) is 11.4. The molecule has 1 saturated heterocycles. The minimum atomic E-state index is 0.171. The summed E-state index contributed by atoms with van der Waals surface area (Å²) in [6.07, 6.45) is 8.50. The maximum absolute atomic E-state index is 5.74. The molecule has 88 valence electrons. The minimum absolute atomic E-state index is 0.171. The number of piperidine rings is 1. The third-order valence-electron chi connectivity index (χ3n) is 2.89. The van der Waals surface area contributed by atoms with Gasteiger partial charge in [-0.25, -0.2) is 9.97 Å². The fourth-order valence-electron chi connectivity index (χ4n) is 2.08. The standard InChI is InChI=1S/C12H20N4/c1-10(13)7-11-8-14-12(15-9-11)16-5-3-2-4-6-16/h8-10H,2-7,13H2,1H3. The van der Waals surface area contributed by atoms with Crippen molar-refractivity contribution in [1.82, 2.24) is 9.97 Å². The molecule has 0 amide bonds. The molecule has 1 aromatic rings. The number of anilines is 1. The van der Waals surface area contributed by atoms with Gasteiger partial charge in [0.05, 0.1) is 0 Å². The Bertz CT molecular complexity index is 314. The first-order chi connectivity index (χ1) is 7.75. The lowest BCUT2D eigenvalue weighted by Gasteiger charge is -2.26. The Morgan fingerprint density at radius 1 is 1.25 bits per heavy atom. The summed E-state index contributed by atoms with van der Waals surface area (Å²) in [6, 6.07) is 0.171. The monoisotopic (exact) mass is 220 g/mol. The third-order valence-corrected chi connectivity index (χ3v) is 2.89. The van der Waals surface area contributed by atoms with Crippen LogP contribution in [0, 0.1) is 0 Å². The summed E-state index contributed by atoms with van der Waals surface area (Å²) in [5.74, 6) is 0.869. The predicted octanol–water partition coefficient (Wildman–Crippen LogP) is 1.36. The molecular weight excluding hydrogens is 200 g/mol. The van der Waals surface area contributed by atoms with E-state index in [9.17, 15) is 0 Å². The molecule has 1 atom stereocenters. The summed E-state index contributed by atoms with van der Waals surface area (Å²) >= 11 is 0. The Hall–Kier alpha value is -1.16. The maximum Gasteiger partial charge on any atom is 0.225 e. The first-order valence-corrected chi connectivity index (χ1v) is 6.07. The molecule has 16 heavy (non-hydrogen) atoms. The van der Waals surface area contributed by atoms with Crippen LogP contribution in [0.3, 0.4) is 0 Å². The highest BCUT2D eigenvalue weighted by atomic mass is 15.2. The van der Waals surface area contributed by atoms with Gasteiger partial charge in [-0.2, -0.15) is 0 Å². The van der Waals surface area contributed by atoms with Gasteiger partial charge in [-0.3, -0.25) is 0 Å². The van der Waals surface area contributed by atoms with Crippen LogP contribution in [0.1, 0.15) is 31.7 Å². The zero-order valence-corrected chi connectivity index (χ0v) is 9.89. The van der Waals surface area contributed by atoms with Crippen molar-refractivity contribution in [3.8, 4) is 0 Å². The SMILES string of the molecule is CC(N)Cc1cnc(N2CCCCC2)nc1. The lowest BCUT2D eigenvalue weighted by atomic mass is 10.1. The molecule has 0 aliphatic carbocycles. The van der Waals surface area contributed by atoms with Crippen molar-refractivity contribution >= 4 is 5.95 Å². The van der Waals surface area contributed by atoms with E-state index in [2.05, 4.69) is 14.9 Å². The highest BCUT2D eigenvalue weighted by molar-refractivity contribution is 5.30. The summed E-state index contributed by atoms with van der Waals surface area (Å²) in [4.78, 5) is 11.1. The first kappa shape index (κ1) is 11.3. The number of rotatable bonds is 3. The summed E-state index contributed by atoms with van der Waals surface area (Å²) in [6.45, 7) is 4.18. The van der Waals surface area contributed by atoms with E-state index < -0.39 is 0 Å². The number of nitrogens with zero attached hydrogens (tertiary/aromatic N) is 3. The van der Waals surface area contributed by atoms with Gasteiger partial charge in [-0.15, -0.1) is 0 Å². The van der Waals surface area contributed by atoms with Gasteiger partial charge in [0, 0.05) is 31.5 Å². The van der Waals surface area contributed by atoms with Crippen molar-refractivity contribution in [3.05, 3.63) is 18.0 Å². The number of aromatic nitrogens is 2. The predicted molar refractivity (Wildman–Crippen MR) is 65.4 cm³/mol. The molecule has 1 aliphatic heterocycles. The molecule has 1 aliphatic rings. The van der Waals surface area contributed by atoms with Crippen LogP contribution < -0.4 is 10.6 Å². The zero-order valence-electron chi connectivity index (χ0n) is 9.89. The van der Waals surface area contributed by atoms with Crippen LogP contribution in [-0.2, 0) is 6.42 Å². The fourth-order valence-corrected chi connectivity index (χ4v) is 2.08. The second-order valence-electron chi connectivity index (χ2n) is 4.62. The van der Waals surface area contributed by atoms with E-state index in [0.29, 0.717) is 0 Å². The van der Waals surface area contributed by atoms with E-state index in [-0.39, 0.29) is 6.04 Å². The summed E-state index contributed by atoms with van der Waals surface area (Å²) in [5.41, 5.74) is 6.86. The quantitative estimate of drug-likeness (QED) is 0.835. The molecule has 1 aromatic heterocycles. The van der Waals surface area contributed by atoms with Crippen molar-refractivity contribution in [2.45, 2.75) is 38.6 Å². The Balaban J connectivity index is 2.00. The molecule has 0 bridgehead atoms. The molecule has 2 rings (SSSR count). The van der Waals surface area contributed by atoms with Gasteiger partial charge in [-0.05, 0) is 38.2 Å². The average Bonchev–Trinajstić information content (AvgIpc) is 2.30. The second kappa shape index (κ2) is 5.25. The van der Waals surface area contributed by atoms with E-state index >= 15 is 0 Å². The van der Waals surface area contributed by atoms with Gasteiger partial charge >= 0.3 is 0 Å². The van der Waals surface area contributed by atoms with Crippen LogP contribution in [0.15, 0.2) is 12.4 Å². The topological polar surface area (TPSA) is 55.0 Å². The van der Waals surface area contributed by atoms with Gasteiger partial charge in [0.1, 0.15) is 0 Å². The number of nitrogens with two attached hydrogens (primary N) is 1. The average molecular weight is 220 g/mol. The van der Waals surface area contributed by atoms with Crippen LogP contribution in [-0.4, -0.2) is 29.1 Å². The molecule has 1 unspecified atom stereocenters. The largest absolute Gasteiger partial charge is 0.341 e. The van der Waals surface area contributed by atoms with Crippen molar-refractivity contribution in [2.75, 3.05) is 18.0 Å². The highest BCUT2D eigenvalue weighted by Gasteiger charge is 2.12. The lowest BCUT2D eigenvalue weighted by molar-refractivity contribution is 0.567. The molecule has 1 fully saturated rings. The fraction of sp³-hybridized carbons (Fsp3) is 0.667. The molecule has 0 spiro atoms.